The minimum atomic E-state index is -0.427. The largest absolute Gasteiger partial charge is 0.497 e. The fourth-order valence-electron chi connectivity index (χ4n) is 5.30. The van der Waals surface area contributed by atoms with Gasteiger partial charge in [-0.25, -0.2) is 0 Å². The Morgan fingerprint density at radius 2 is 1.74 bits per heavy atom. The molecule has 0 saturated heterocycles. The summed E-state index contributed by atoms with van der Waals surface area (Å²) in [7, 11) is 4.81. The first-order valence-corrected chi connectivity index (χ1v) is 13.3. The van der Waals surface area contributed by atoms with Crippen molar-refractivity contribution in [1.29, 1.82) is 0 Å². The van der Waals surface area contributed by atoms with Crippen LogP contribution in [0.3, 0.4) is 0 Å². The number of methoxy groups -OCH3 is 3. The van der Waals surface area contributed by atoms with Gasteiger partial charge >= 0.3 is 0 Å². The number of benzene rings is 2. The van der Waals surface area contributed by atoms with E-state index in [-0.39, 0.29) is 17.6 Å². The van der Waals surface area contributed by atoms with Crippen molar-refractivity contribution >= 4 is 28.7 Å². The molecular formula is C30H30N2O5S. The molecule has 2 heterocycles. The SMILES string of the molecule is COc1ccc(NC(=O)C2=C(C)NC3=C(C(=O)C[C@H](c4ccc(OC)c(OC)c4)C3)[C@H]2c2cccs2)cc1. The van der Waals surface area contributed by atoms with Crippen molar-refractivity contribution in [3.05, 3.63) is 93.0 Å². The fourth-order valence-corrected chi connectivity index (χ4v) is 6.14. The number of carbonyl (C=O) groups excluding carboxylic acids is 2. The van der Waals surface area contributed by atoms with E-state index in [0.717, 1.165) is 21.8 Å². The quantitative estimate of drug-likeness (QED) is 0.403. The molecule has 2 atom stereocenters. The number of hydrogen-bond donors (Lipinski definition) is 2. The van der Waals surface area contributed by atoms with Crippen LogP contribution in [-0.4, -0.2) is 33.0 Å². The zero-order valence-corrected chi connectivity index (χ0v) is 22.6. The molecule has 0 radical (unpaired) electrons. The number of rotatable bonds is 7. The van der Waals surface area contributed by atoms with Crippen LogP contribution in [0, 0.1) is 0 Å². The van der Waals surface area contributed by atoms with Gasteiger partial charge in [-0.2, -0.15) is 0 Å². The molecule has 1 aromatic heterocycles. The van der Waals surface area contributed by atoms with Crippen LogP contribution in [0.2, 0.25) is 0 Å². The standard InChI is InChI=1S/C30H30N2O5S/c1-17-27(30(34)32-20-8-10-21(35-2)11-9-20)29(26-6-5-13-38-26)28-22(31-17)14-19(15-23(28)33)18-7-12-24(36-3)25(16-18)37-4/h5-13,16,19,29,31H,14-15H2,1-4H3,(H,32,34)/t19-,29+/m1/s1. The molecule has 0 spiro atoms. The van der Waals surface area contributed by atoms with Crippen LogP contribution in [0.5, 0.6) is 17.2 Å². The van der Waals surface area contributed by atoms with Gasteiger partial charge in [0.05, 0.1) is 27.2 Å². The third kappa shape index (κ3) is 4.79. The molecule has 2 N–H and O–H groups in total. The Hall–Kier alpha value is -4.04. The van der Waals surface area contributed by atoms with Gasteiger partial charge in [0.1, 0.15) is 5.75 Å². The van der Waals surface area contributed by atoms with Crippen LogP contribution in [0.25, 0.3) is 0 Å². The molecule has 1 aliphatic heterocycles. The number of Topliss-reactive ketones (excluding diaryl/α,β-unsaturated/α-hetero) is 1. The Balaban J connectivity index is 1.48. The summed E-state index contributed by atoms with van der Waals surface area (Å²) in [4.78, 5) is 28.4. The van der Waals surface area contributed by atoms with E-state index in [1.54, 1.807) is 56.9 Å². The van der Waals surface area contributed by atoms with Gasteiger partial charge in [0.2, 0.25) is 0 Å². The second-order valence-corrected chi connectivity index (χ2v) is 10.3. The molecular weight excluding hydrogens is 500 g/mol. The molecule has 0 bridgehead atoms. The van der Waals surface area contributed by atoms with Gasteiger partial charge in [0.15, 0.2) is 17.3 Å². The maximum atomic E-state index is 13.8. The Morgan fingerprint density at radius 1 is 0.974 bits per heavy atom. The van der Waals surface area contributed by atoms with E-state index in [4.69, 9.17) is 14.2 Å². The van der Waals surface area contributed by atoms with Gasteiger partial charge < -0.3 is 24.8 Å². The van der Waals surface area contributed by atoms with Crippen molar-refractivity contribution in [2.24, 2.45) is 0 Å². The van der Waals surface area contributed by atoms with Crippen LogP contribution >= 0.6 is 11.3 Å². The monoisotopic (exact) mass is 530 g/mol. The fraction of sp³-hybridized carbons (Fsp3) is 0.267. The third-order valence-electron chi connectivity index (χ3n) is 7.13. The number of thiophene rings is 1. The second kappa shape index (κ2) is 10.8. The predicted octanol–water partition coefficient (Wildman–Crippen LogP) is 5.77. The van der Waals surface area contributed by atoms with Gasteiger partial charge in [0, 0.05) is 39.5 Å². The van der Waals surface area contributed by atoms with Crippen molar-refractivity contribution in [2.75, 3.05) is 26.6 Å². The number of hydrogen-bond acceptors (Lipinski definition) is 7. The van der Waals surface area contributed by atoms with E-state index in [1.807, 2.05) is 42.6 Å². The summed E-state index contributed by atoms with van der Waals surface area (Å²) >= 11 is 1.55. The molecule has 8 heteroatoms. The first-order valence-electron chi connectivity index (χ1n) is 12.4. The Kier molecular flexibility index (Phi) is 7.24. The summed E-state index contributed by atoms with van der Waals surface area (Å²) in [5.41, 5.74) is 4.52. The number of dihydropyridines is 1. The molecule has 0 unspecified atom stereocenters. The topological polar surface area (TPSA) is 85.9 Å². The average molecular weight is 531 g/mol. The van der Waals surface area contributed by atoms with Crippen molar-refractivity contribution < 1.29 is 23.8 Å². The average Bonchev–Trinajstić information content (AvgIpc) is 3.47. The number of nitrogens with one attached hydrogen (secondary N) is 2. The van der Waals surface area contributed by atoms with Crippen LogP contribution < -0.4 is 24.8 Å². The molecule has 2 aliphatic rings. The molecule has 0 fully saturated rings. The summed E-state index contributed by atoms with van der Waals surface area (Å²) in [6.45, 7) is 1.90. The lowest BCUT2D eigenvalue weighted by molar-refractivity contribution is -0.116. The first kappa shape index (κ1) is 25.6. The van der Waals surface area contributed by atoms with E-state index in [1.165, 1.54) is 0 Å². The summed E-state index contributed by atoms with van der Waals surface area (Å²) in [5.74, 6) is 1.36. The second-order valence-electron chi connectivity index (χ2n) is 9.33. The number of allylic oxidation sites excluding steroid dienone is 3. The molecule has 0 saturated carbocycles. The lowest BCUT2D eigenvalue weighted by Gasteiger charge is -2.36. The highest BCUT2D eigenvalue weighted by Crippen LogP contribution is 2.47. The minimum Gasteiger partial charge on any atom is -0.497 e. The van der Waals surface area contributed by atoms with Crippen LogP contribution in [0.1, 0.15) is 42.0 Å². The number of amides is 1. The van der Waals surface area contributed by atoms with Gasteiger partial charge in [-0.05, 0) is 72.7 Å². The smallest absolute Gasteiger partial charge is 0.254 e. The van der Waals surface area contributed by atoms with E-state index in [0.29, 0.717) is 46.9 Å². The molecule has 1 amide bonds. The number of carbonyl (C=O) groups is 2. The number of ketones is 1. The molecule has 7 nitrogen and oxygen atoms in total. The lowest BCUT2D eigenvalue weighted by Crippen LogP contribution is -2.36. The van der Waals surface area contributed by atoms with Gasteiger partial charge in [-0.15, -0.1) is 11.3 Å². The highest BCUT2D eigenvalue weighted by Gasteiger charge is 2.41. The number of anilines is 1. The van der Waals surface area contributed by atoms with Crippen LogP contribution in [-0.2, 0) is 9.59 Å². The predicted molar refractivity (Wildman–Crippen MR) is 148 cm³/mol. The van der Waals surface area contributed by atoms with E-state index in [2.05, 4.69) is 10.6 Å². The molecule has 196 valence electrons. The highest BCUT2D eigenvalue weighted by atomic mass is 32.1. The first-order chi connectivity index (χ1) is 18.4. The zero-order valence-electron chi connectivity index (χ0n) is 21.8. The van der Waals surface area contributed by atoms with Crippen LogP contribution in [0.4, 0.5) is 5.69 Å². The van der Waals surface area contributed by atoms with Crippen molar-refractivity contribution in [2.45, 2.75) is 31.6 Å². The summed E-state index contributed by atoms with van der Waals surface area (Å²) in [6, 6.07) is 16.9. The van der Waals surface area contributed by atoms with Crippen molar-refractivity contribution in [3.8, 4) is 17.2 Å². The van der Waals surface area contributed by atoms with Crippen LogP contribution in [0.15, 0.2) is 82.5 Å². The lowest BCUT2D eigenvalue weighted by atomic mass is 9.73. The van der Waals surface area contributed by atoms with Gasteiger partial charge in [0.25, 0.3) is 5.91 Å². The normalized spacial score (nSPS) is 19.0. The maximum Gasteiger partial charge on any atom is 0.254 e. The van der Waals surface area contributed by atoms with Crippen molar-refractivity contribution in [1.82, 2.24) is 5.32 Å². The molecule has 3 aromatic rings. The third-order valence-corrected chi connectivity index (χ3v) is 8.06. The molecule has 5 rings (SSSR count). The van der Waals surface area contributed by atoms with Gasteiger partial charge in [-0.1, -0.05) is 12.1 Å². The van der Waals surface area contributed by atoms with E-state index in [9.17, 15) is 9.59 Å². The van der Waals surface area contributed by atoms with Gasteiger partial charge in [-0.3, -0.25) is 9.59 Å². The summed E-state index contributed by atoms with van der Waals surface area (Å²) < 4.78 is 16.1. The molecule has 38 heavy (non-hydrogen) atoms. The Morgan fingerprint density at radius 3 is 2.39 bits per heavy atom. The summed E-state index contributed by atoms with van der Waals surface area (Å²) in [6.07, 6.45) is 1.01. The Labute approximate surface area is 226 Å². The zero-order chi connectivity index (χ0) is 26.8. The molecule has 2 aromatic carbocycles. The van der Waals surface area contributed by atoms with E-state index < -0.39 is 5.92 Å². The van der Waals surface area contributed by atoms with E-state index >= 15 is 0 Å². The Bertz CT molecular complexity index is 1420. The minimum absolute atomic E-state index is 0.0139. The number of ether oxygens (including phenoxy) is 3. The highest BCUT2D eigenvalue weighted by molar-refractivity contribution is 7.10. The maximum absolute atomic E-state index is 13.8. The molecule has 1 aliphatic carbocycles. The van der Waals surface area contributed by atoms with Crippen molar-refractivity contribution in [3.63, 3.8) is 0 Å². The summed E-state index contributed by atoms with van der Waals surface area (Å²) in [5, 5.41) is 8.42.